The third-order valence-corrected chi connectivity index (χ3v) is 4.86. The van der Waals surface area contributed by atoms with Gasteiger partial charge in [0, 0.05) is 17.9 Å². The number of rotatable bonds is 5. The summed E-state index contributed by atoms with van der Waals surface area (Å²) in [4.78, 5) is 29.9. The molecule has 2 heterocycles. The molecule has 0 spiro atoms. The predicted octanol–water partition coefficient (Wildman–Crippen LogP) is 3.35. The van der Waals surface area contributed by atoms with Crippen LogP contribution in [0.1, 0.15) is 52.0 Å². The Morgan fingerprint density at radius 1 is 1.15 bits per heavy atom. The Labute approximate surface area is 157 Å². The lowest BCUT2D eigenvalue weighted by atomic mass is 10.1. The third kappa shape index (κ3) is 3.30. The Bertz CT molecular complexity index is 1030. The number of carbonyl (C=O) groups excluding carboxylic acids is 2. The van der Waals surface area contributed by atoms with Crippen LogP contribution in [0.15, 0.2) is 42.6 Å². The number of hydrogen-bond donors (Lipinski definition) is 2. The van der Waals surface area contributed by atoms with Gasteiger partial charge in [-0.15, -0.1) is 0 Å². The molecule has 0 radical (unpaired) electrons. The summed E-state index contributed by atoms with van der Waals surface area (Å²) in [6, 6.07) is 11.6. The van der Waals surface area contributed by atoms with E-state index < -0.39 is 0 Å². The molecule has 0 atom stereocenters. The van der Waals surface area contributed by atoms with Crippen LogP contribution in [0.25, 0.3) is 5.52 Å². The second kappa shape index (κ2) is 6.87. The second-order valence-corrected chi connectivity index (χ2v) is 6.90. The van der Waals surface area contributed by atoms with Gasteiger partial charge in [-0.05, 0) is 49.4 Å². The average Bonchev–Trinajstić information content (AvgIpc) is 3.40. The van der Waals surface area contributed by atoms with E-state index in [0.717, 1.165) is 36.1 Å². The van der Waals surface area contributed by atoms with Crippen molar-refractivity contribution in [2.45, 2.75) is 39.2 Å². The quantitative estimate of drug-likeness (QED) is 0.731. The highest BCUT2D eigenvalue weighted by Gasteiger charge is 2.27. The number of anilines is 1. The van der Waals surface area contributed by atoms with Crippen LogP contribution in [-0.2, 0) is 6.42 Å². The van der Waals surface area contributed by atoms with Crippen LogP contribution in [0.2, 0.25) is 0 Å². The smallest absolute Gasteiger partial charge is 0.287 e. The molecule has 2 amide bonds. The number of benzene rings is 1. The second-order valence-electron chi connectivity index (χ2n) is 6.90. The van der Waals surface area contributed by atoms with E-state index in [1.165, 1.54) is 0 Å². The van der Waals surface area contributed by atoms with Gasteiger partial charge in [-0.1, -0.05) is 31.2 Å². The van der Waals surface area contributed by atoms with E-state index in [0.29, 0.717) is 5.52 Å². The summed E-state index contributed by atoms with van der Waals surface area (Å²) in [6.45, 7) is 4.02. The Morgan fingerprint density at radius 3 is 2.70 bits per heavy atom. The van der Waals surface area contributed by atoms with Gasteiger partial charge >= 0.3 is 0 Å². The lowest BCUT2D eigenvalue weighted by Crippen LogP contribution is -2.27. The number of nitrogens with one attached hydrogen (secondary N) is 2. The topological polar surface area (TPSA) is 75.5 Å². The van der Waals surface area contributed by atoms with E-state index >= 15 is 0 Å². The zero-order valence-electron chi connectivity index (χ0n) is 15.5. The summed E-state index contributed by atoms with van der Waals surface area (Å²) in [5, 5.41) is 5.93. The summed E-state index contributed by atoms with van der Waals surface area (Å²) in [5.41, 5.74) is 3.74. The third-order valence-electron chi connectivity index (χ3n) is 4.86. The molecule has 0 aliphatic heterocycles. The van der Waals surface area contributed by atoms with E-state index in [-0.39, 0.29) is 29.4 Å². The number of pyridine rings is 1. The monoisotopic (exact) mass is 362 g/mol. The number of imidazole rings is 1. The van der Waals surface area contributed by atoms with Crippen LogP contribution in [0.4, 0.5) is 5.69 Å². The van der Waals surface area contributed by atoms with Crippen molar-refractivity contribution >= 4 is 23.0 Å². The number of amides is 2. The highest BCUT2D eigenvalue weighted by Crippen LogP contribution is 2.24. The van der Waals surface area contributed by atoms with Crippen LogP contribution in [-0.4, -0.2) is 27.2 Å². The van der Waals surface area contributed by atoms with E-state index in [2.05, 4.69) is 22.5 Å². The summed E-state index contributed by atoms with van der Waals surface area (Å²) in [6.07, 6.45) is 4.56. The average molecular weight is 362 g/mol. The number of aromatic nitrogens is 2. The van der Waals surface area contributed by atoms with Gasteiger partial charge in [-0.3, -0.25) is 14.0 Å². The van der Waals surface area contributed by atoms with Gasteiger partial charge < -0.3 is 10.6 Å². The van der Waals surface area contributed by atoms with Gasteiger partial charge in [-0.25, -0.2) is 4.98 Å². The van der Waals surface area contributed by atoms with Crippen molar-refractivity contribution in [3.63, 3.8) is 0 Å². The van der Waals surface area contributed by atoms with Gasteiger partial charge in [0.05, 0.1) is 5.52 Å². The molecule has 4 rings (SSSR count). The zero-order valence-corrected chi connectivity index (χ0v) is 15.5. The highest BCUT2D eigenvalue weighted by atomic mass is 16.2. The predicted molar refractivity (Wildman–Crippen MR) is 104 cm³/mol. The van der Waals surface area contributed by atoms with Crippen LogP contribution >= 0.6 is 0 Å². The fourth-order valence-corrected chi connectivity index (χ4v) is 3.22. The van der Waals surface area contributed by atoms with E-state index in [1.807, 2.05) is 37.3 Å². The number of carbonyl (C=O) groups is 2. The molecule has 6 nitrogen and oxygen atoms in total. The Kier molecular flexibility index (Phi) is 4.39. The normalized spacial score (nSPS) is 13.6. The molecule has 2 aromatic heterocycles. The fourth-order valence-electron chi connectivity index (χ4n) is 3.22. The van der Waals surface area contributed by atoms with Crippen molar-refractivity contribution in [1.29, 1.82) is 0 Å². The Balaban J connectivity index is 1.71. The van der Waals surface area contributed by atoms with Crippen LogP contribution in [0, 0.1) is 6.92 Å². The largest absolute Gasteiger partial charge is 0.347 e. The molecule has 27 heavy (non-hydrogen) atoms. The maximum atomic E-state index is 13.0. The lowest BCUT2D eigenvalue weighted by Gasteiger charge is -2.12. The SMILES string of the molecule is CCc1cccc(C)c1NC(=O)c1nc(C(=O)NC2CC2)n2ccccc12. The van der Waals surface area contributed by atoms with Gasteiger partial charge in [0.15, 0.2) is 5.69 Å². The molecule has 1 fully saturated rings. The van der Waals surface area contributed by atoms with Gasteiger partial charge in [-0.2, -0.15) is 0 Å². The molecular formula is C21H22N4O2. The molecule has 1 saturated carbocycles. The minimum atomic E-state index is -0.312. The Hall–Kier alpha value is -3.15. The molecule has 0 saturated heterocycles. The molecule has 138 valence electrons. The van der Waals surface area contributed by atoms with Crippen LogP contribution in [0.5, 0.6) is 0 Å². The van der Waals surface area contributed by atoms with Crippen molar-refractivity contribution in [1.82, 2.24) is 14.7 Å². The molecule has 0 unspecified atom stereocenters. The molecule has 3 aromatic rings. The first kappa shape index (κ1) is 17.3. The number of hydrogen-bond acceptors (Lipinski definition) is 3. The maximum Gasteiger partial charge on any atom is 0.287 e. The molecule has 1 aromatic carbocycles. The molecular weight excluding hydrogens is 340 g/mol. The minimum absolute atomic E-state index is 0.227. The lowest BCUT2D eigenvalue weighted by molar-refractivity contribution is 0.0940. The molecule has 1 aliphatic carbocycles. The molecule has 0 bridgehead atoms. The minimum Gasteiger partial charge on any atom is -0.347 e. The first-order valence-corrected chi connectivity index (χ1v) is 9.26. The van der Waals surface area contributed by atoms with Crippen molar-refractivity contribution in [3.05, 3.63) is 65.2 Å². The van der Waals surface area contributed by atoms with E-state index in [1.54, 1.807) is 16.7 Å². The Morgan fingerprint density at radius 2 is 1.96 bits per heavy atom. The van der Waals surface area contributed by atoms with Crippen LogP contribution < -0.4 is 10.6 Å². The summed E-state index contributed by atoms with van der Waals surface area (Å²) < 4.78 is 1.67. The molecule has 2 N–H and O–H groups in total. The van der Waals surface area contributed by atoms with E-state index in [9.17, 15) is 9.59 Å². The van der Waals surface area contributed by atoms with Crippen LogP contribution in [0.3, 0.4) is 0 Å². The molecule has 1 aliphatic rings. The van der Waals surface area contributed by atoms with Crippen molar-refractivity contribution < 1.29 is 9.59 Å². The number of aryl methyl sites for hydroxylation is 2. The maximum absolute atomic E-state index is 13.0. The number of fused-ring (bicyclic) bond motifs is 1. The first-order valence-electron chi connectivity index (χ1n) is 9.26. The summed E-state index contributed by atoms with van der Waals surface area (Å²) >= 11 is 0. The summed E-state index contributed by atoms with van der Waals surface area (Å²) in [7, 11) is 0. The number of para-hydroxylation sites is 1. The van der Waals surface area contributed by atoms with Gasteiger partial charge in [0.2, 0.25) is 5.82 Å². The molecule has 6 heteroatoms. The first-order chi connectivity index (χ1) is 13.1. The van der Waals surface area contributed by atoms with Crippen molar-refractivity contribution in [2.75, 3.05) is 5.32 Å². The van der Waals surface area contributed by atoms with Crippen molar-refractivity contribution in [2.24, 2.45) is 0 Å². The van der Waals surface area contributed by atoms with Gasteiger partial charge in [0.25, 0.3) is 11.8 Å². The van der Waals surface area contributed by atoms with Crippen molar-refractivity contribution in [3.8, 4) is 0 Å². The summed E-state index contributed by atoms with van der Waals surface area (Å²) in [5.74, 6) is -0.320. The standard InChI is InChI=1S/C21H22N4O2/c1-3-14-8-6-7-13(2)17(14)24-20(26)18-16-9-4-5-12-25(16)19(23-18)21(27)22-15-10-11-15/h4-9,12,15H,3,10-11H2,1-2H3,(H,22,27)(H,24,26). The number of nitrogens with zero attached hydrogens (tertiary/aromatic N) is 2. The highest BCUT2D eigenvalue weighted by molar-refractivity contribution is 6.09. The van der Waals surface area contributed by atoms with E-state index in [4.69, 9.17) is 0 Å². The zero-order chi connectivity index (χ0) is 19.0. The van der Waals surface area contributed by atoms with Gasteiger partial charge in [0.1, 0.15) is 0 Å². The fraction of sp³-hybridized carbons (Fsp3) is 0.286.